The topological polar surface area (TPSA) is 43.3 Å². The van der Waals surface area contributed by atoms with Crippen LogP contribution < -0.4 is 0 Å². The zero-order chi connectivity index (χ0) is 6.97. The Balaban J connectivity index is 2.78. The first-order valence-corrected chi connectivity index (χ1v) is 2.83. The highest BCUT2D eigenvalue weighted by molar-refractivity contribution is 5.36. The second-order valence-corrected chi connectivity index (χ2v) is 1.80. The first kappa shape index (κ1) is 5.22. The summed E-state index contributed by atoms with van der Waals surface area (Å²) in [6.45, 7) is 3.51. The van der Waals surface area contributed by atoms with Crippen LogP contribution >= 0.6 is 0 Å². The molecule has 4 heteroatoms. The summed E-state index contributed by atoms with van der Waals surface area (Å²) in [4.78, 5) is 3.87. The van der Waals surface area contributed by atoms with Crippen molar-refractivity contribution in [2.75, 3.05) is 0 Å². The molecular formula is C6H5N3O. The van der Waals surface area contributed by atoms with Crippen molar-refractivity contribution in [3.05, 3.63) is 24.9 Å². The predicted octanol–water partition coefficient (Wildman–Crippen LogP) is 0.965. The third-order valence-electron chi connectivity index (χ3n) is 1.17. The minimum atomic E-state index is 0.489. The maximum Gasteiger partial charge on any atom is 0.324 e. The predicted molar refractivity (Wildman–Crippen MR) is 35.3 cm³/mol. The van der Waals surface area contributed by atoms with Crippen molar-refractivity contribution in [3.63, 3.8) is 0 Å². The summed E-state index contributed by atoms with van der Waals surface area (Å²) in [5.74, 6) is 0.984. The minimum Gasteiger partial charge on any atom is -0.404 e. The molecular weight excluding hydrogens is 130 g/mol. The molecule has 0 spiro atoms. The molecule has 0 N–H and O–H groups in total. The van der Waals surface area contributed by atoms with Gasteiger partial charge in [0.2, 0.25) is 5.89 Å². The molecule has 0 amide bonds. The Morgan fingerprint density at radius 2 is 2.60 bits per heavy atom. The van der Waals surface area contributed by atoms with Crippen LogP contribution in [-0.4, -0.2) is 14.6 Å². The molecule has 0 saturated carbocycles. The van der Waals surface area contributed by atoms with Crippen LogP contribution in [0.5, 0.6) is 0 Å². The Morgan fingerprint density at radius 3 is 3.30 bits per heavy atom. The van der Waals surface area contributed by atoms with E-state index in [1.807, 2.05) is 0 Å². The van der Waals surface area contributed by atoms with Crippen molar-refractivity contribution >= 4 is 11.9 Å². The fraction of sp³-hybridized carbons (Fsp3) is 0. The SMILES string of the molecule is C=Cc1nn2ccnc2o1. The molecule has 0 saturated heterocycles. The number of hydrogen-bond acceptors (Lipinski definition) is 3. The molecule has 0 radical (unpaired) electrons. The lowest BCUT2D eigenvalue weighted by Crippen LogP contribution is -1.78. The molecule has 0 unspecified atom stereocenters. The van der Waals surface area contributed by atoms with E-state index in [9.17, 15) is 0 Å². The van der Waals surface area contributed by atoms with Gasteiger partial charge < -0.3 is 4.42 Å². The van der Waals surface area contributed by atoms with Gasteiger partial charge in [-0.1, -0.05) is 6.58 Å². The molecule has 0 fully saturated rings. The molecule has 0 aliphatic heterocycles. The fourth-order valence-electron chi connectivity index (χ4n) is 0.735. The number of imidazole rings is 1. The summed E-state index contributed by atoms with van der Waals surface area (Å²) < 4.78 is 6.63. The number of aromatic nitrogens is 3. The van der Waals surface area contributed by atoms with Gasteiger partial charge in [-0.15, -0.1) is 5.10 Å². The van der Waals surface area contributed by atoms with Gasteiger partial charge in [0.1, 0.15) is 0 Å². The molecule has 0 bridgehead atoms. The third-order valence-corrected chi connectivity index (χ3v) is 1.17. The number of nitrogens with zero attached hydrogens (tertiary/aromatic N) is 3. The average Bonchev–Trinajstić information content (AvgIpc) is 2.42. The molecule has 50 valence electrons. The molecule has 0 atom stereocenters. The van der Waals surface area contributed by atoms with Crippen LogP contribution in [0.15, 0.2) is 23.4 Å². The quantitative estimate of drug-likeness (QED) is 0.585. The van der Waals surface area contributed by atoms with Crippen molar-refractivity contribution in [1.82, 2.24) is 14.6 Å². The van der Waals surface area contributed by atoms with E-state index in [-0.39, 0.29) is 0 Å². The van der Waals surface area contributed by atoms with Gasteiger partial charge in [0.05, 0.1) is 12.4 Å². The monoisotopic (exact) mass is 135 g/mol. The fourth-order valence-corrected chi connectivity index (χ4v) is 0.735. The van der Waals surface area contributed by atoms with Gasteiger partial charge in [0.25, 0.3) is 0 Å². The number of rotatable bonds is 1. The number of fused-ring (bicyclic) bond motifs is 1. The molecule has 2 rings (SSSR count). The highest BCUT2D eigenvalue weighted by Gasteiger charge is 1.99. The van der Waals surface area contributed by atoms with E-state index in [1.54, 1.807) is 16.9 Å². The lowest BCUT2D eigenvalue weighted by atomic mass is 10.7. The molecule has 2 aromatic heterocycles. The van der Waals surface area contributed by atoms with Crippen LogP contribution in [0.2, 0.25) is 0 Å². The molecule has 10 heavy (non-hydrogen) atoms. The third kappa shape index (κ3) is 0.556. The molecule has 0 aliphatic rings. The van der Waals surface area contributed by atoms with Crippen LogP contribution in [0.4, 0.5) is 0 Å². The summed E-state index contributed by atoms with van der Waals surface area (Å²) in [5.41, 5.74) is 0. The van der Waals surface area contributed by atoms with Crippen LogP contribution in [0.3, 0.4) is 0 Å². The van der Waals surface area contributed by atoms with Gasteiger partial charge >= 0.3 is 5.84 Å². The summed E-state index contributed by atoms with van der Waals surface area (Å²) in [5, 5.41) is 3.96. The summed E-state index contributed by atoms with van der Waals surface area (Å²) >= 11 is 0. The zero-order valence-corrected chi connectivity index (χ0v) is 5.19. The van der Waals surface area contributed by atoms with Crippen molar-refractivity contribution in [3.8, 4) is 0 Å². The van der Waals surface area contributed by atoms with E-state index in [4.69, 9.17) is 4.42 Å². The summed E-state index contributed by atoms with van der Waals surface area (Å²) in [6.07, 6.45) is 4.87. The molecule has 2 aromatic rings. The van der Waals surface area contributed by atoms with Crippen molar-refractivity contribution < 1.29 is 4.42 Å². The smallest absolute Gasteiger partial charge is 0.324 e. The van der Waals surface area contributed by atoms with E-state index in [0.29, 0.717) is 11.7 Å². The van der Waals surface area contributed by atoms with Crippen LogP contribution in [0.1, 0.15) is 5.89 Å². The average molecular weight is 135 g/mol. The highest BCUT2D eigenvalue weighted by Crippen LogP contribution is 2.03. The van der Waals surface area contributed by atoms with E-state index < -0.39 is 0 Å². The van der Waals surface area contributed by atoms with E-state index in [0.717, 1.165) is 0 Å². The Labute approximate surface area is 56.8 Å². The van der Waals surface area contributed by atoms with Gasteiger partial charge in [0, 0.05) is 0 Å². The molecule has 4 nitrogen and oxygen atoms in total. The maximum absolute atomic E-state index is 5.08. The van der Waals surface area contributed by atoms with Gasteiger partial charge in [-0.05, 0) is 6.08 Å². The standard InChI is InChI=1S/C6H5N3O/c1-2-5-8-9-4-3-7-6(9)10-5/h2-4H,1H2. The van der Waals surface area contributed by atoms with Crippen LogP contribution in [-0.2, 0) is 0 Å². The first-order valence-electron chi connectivity index (χ1n) is 2.83. The Hall–Kier alpha value is -1.58. The largest absolute Gasteiger partial charge is 0.404 e. The van der Waals surface area contributed by atoms with Gasteiger partial charge in [-0.3, -0.25) is 0 Å². The summed E-state index contributed by atoms with van der Waals surface area (Å²) in [6, 6.07) is 0. The molecule has 0 aliphatic carbocycles. The van der Waals surface area contributed by atoms with E-state index >= 15 is 0 Å². The lowest BCUT2D eigenvalue weighted by Gasteiger charge is -1.71. The van der Waals surface area contributed by atoms with Gasteiger partial charge in [-0.2, -0.15) is 4.52 Å². The van der Waals surface area contributed by atoms with Crippen LogP contribution in [0, 0.1) is 0 Å². The van der Waals surface area contributed by atoms with Crippen molar-refractivity contribution in [2.45, 2.75) is 0 Å². The Kier molecular flexibility index (Phi) is 0.887. The minimum absolute atomic E-state index is 0.489. The van der Waals surface area contributed by atoms with Crippen molar-refractivity contribution in [2.24, 2.45) is 0 Å². The van der Waals surface area contributed by atoms with Gasteiger partial charge in [-0.25, -0.2) is 4.98 Å². The lowest BCUT2D eigenvalue weighted by molar-refractivity contribution is 0.577. The Bertz CT molecular complexity index is 331. The second kappa shape index (κ2) is 1.70. The van der Waals surface area contributed by atoms with E-state index in [2.05, 4.69) is 16.7 Å². The molecule has 2 heterocycles. The van der Waals surface area contributed by atoms with E-state index in [1.165, 1.54) is 6.08 Å². The Morgan fingerprint density at radius 1 is 1.70 bits per heavy atom. The highest BCUT2D eigenvalue weighted by atomic mass is 16.4. The summed E-state index contributed by atoms with van der Waals surface area (Å²) in [7, 11) is 0. The second-order valence-electron chi connectivity index (χ2n) is 1.80. The van der Waals surface area contributed by atoms with Crippen molar-refractivity contribution in [1.29, 1.82) is 0 Å². The van der Waals surface area contributed by atoms with Crippen LogP contribution in [0.25, 0.3) is 11.9 Å². The normalized spacial score (nSPS) is 10.4. The zero-order valence-electron chi connectivity index (χ0n) is 5.19. The number of hydrogen-bond donors (Lipinski definition) is 0. The first-order chi connectivity index (χ1) is 4.90. The molecule has 0 aromatic carbocycles. The van der Waals surface area contributed by atoms with Gasteiger partial charge in [0.15, 0.2) is 0 Å². The maximum atomic E-state index is 5.08.